The number of primary amides is 1. The number of carbonyl (C=O) groups is 3. The molecule has 3 heterocycles. The number of likely N-dealkylation sites (tertiary alicyclic amines) is 1. The van der Waals surface area contributed by atoms with Crippen molar-refractivity contribution in [2.75, 3.05) is 44.2 Å². The maximum Gasteiger partial charge on any atom is 0.249 e. The summed E-state index contributed by atoms with van der Waals surface area (Å²) in [5.74, 6) is -1.17. The number of hydrogen-bond donors (Lipinski definition) is 2. The van der Waals surface area contributed by atoms with Crippen LogP contribution < -0.4 is 16.4 Å². The minimum absolute atomic E-state index is 0.00420. The van der Waals surface area contributed by atoms with E-state index in [0.717, 1.165) is 70.0 Å². The lowest BCUT2D eigenvalue weighted by molar-refractivity contribution is -0.139. The smallest absolute Gasteiger partial charge is 0.249 e. The number of fused-ring (bicyclic) bond motifs is 1. The molecule has 2 amide bonds. The predicted octanol–water partition coefficient (Wildman–Crippen LogP) is 1.24. The van der Waals surface area contributed by atoms with Gasteiger partial charge in [-0.2, -0.15) is 0 Å². The Labute approximate surface area is 218 Å². The molecule has 5 fully saturated rings. The van der Waals surface area contributed by atoms with Crippen molar-refractivity contribution in [3.05, 3.63) is 29.3 Å². The molecule has 1 aromatic carbocycles. The molecule has 5 aliphatic rings. The number of hydrogen-bond acceptors (Lipinski definition) is 7. The van der Waals surface area contributed by atoms with Gasteiger partial charge < -0.3 is 26.0 Å². The van der Waals surface area contributed by atoms with Crippen molar-refractivity contribution >= 4 is 23.3 Å². The van der Waals surface area contributed by atoms with Gasteiger partial charge in [0.1, 0.15) is 18.8 Å². The van der Waals surface area contributed by atoms with Gasteiger partial charge in [-0.15, -0.1) is 0 Å². The van der Waals surface area contributed by atoms with E-state index in [0.29, 0.717) is 11.1 Å². The first-order valence-corrected chi connectivity index (χ1v) is 14.1. The summed E-state index contributed by atoms with van der Waals surface area (Å²) >= 11 is 0. The van der Waals surface area contributed by atoms with Crippen molar-refractivity contribution in [3.8, 4) is 0 Å². The molecule has 37 heavy (non-hydrogen) atoms. The quantitative estimate of drug-likeness (QED) is 0.592. The second kappa shape index (κ2) is 10.0. The highest BCUT2D eigenvalue weighted by atomic mass is 16.5. The fourth-order valence-corrected chi connectivity index (χ4v) is 7.17. The topological polar surface area (TPSA) is 122 Å². The van der Waals surface area contributed by atoms with Crippen LogP contribution in [0.1, 0.15) is 66.8 Å². The molecule has 200 valence electrons. The summed E-state index contributed by atoms with van der Waals surface area (Å²) in [5, 5.41) is 0. The average Bonchev–Trinajstić information content (AvgIpc) is 3.61. The molecule has 1 aromatic rings. The minimum atomic E-state index is -0.635. The molecule has 6 rings (SSSR count). The highest BCUT2D eigenvalue weighted by Crippen LogP contribution is 2.42. The molecule has 4 N–H and O–H groups in total. The van der Waals surface area contributed by atoms with Crippen LogP contribution in [0.25, 0.3) is 0 Å². The molecule has 0 aromatic heterocycles. The SMILES string of the molecule is NC(=O)c1ccc(N2CCN(C3CC3)CC2)cc1[C@@H](C(=O)N1C[C@@H](N)[C@H]2OCC(=O)[C@H]21)C1CCCCC1. The van der Waals surface area contributed by atoms with Crippen LogP contribution in [0.15, 0.2) is 18.2 Å². The molecule has 3 aliphatic heterocycles. The van der Waals surface area contributed by atoms with E-state index in [4.69, 9.17) is 16.2 Å². The van der Waals surface area contributed by atoms with E-state index in [-0.39, 0.29) is 30.8 Å². The van der Waals surface area contributed by atoms with Crippen LogP contribution in [0.2, 0.25) is 0 Å². The molecular weight excluding hydrogens is 470 g/mol. The fraction of sp³-hybridized carbons (Fsp3) is 0.679. The van der Waals surface area contributed by atoms with Crippen LogP contribution in [0.3, 0.4) is 0 Å². The van der Waals surface area contributed by atoms with Crippen molar-refractivity contribution in [1.82, 2.24) is 9.80 Å². The van der Waals surface area contributed by atoms with Crippen LogP contribution in [0.5, 0.6) is 0 Å². The maximum absolute atomic E-state index is 14.4. The third-order valence-corrected chi connectivity index (χ3v) is 9.27. The normalized spacial score (nSPS) is 30.0. The van der Waals surface area contributed by atoms with Gasteiger partial charge in [0, 0.05) is 50.0 Å². The Bertz CT molecular complexity index is 1060. The van der Waals surface area contributed by atoms with Gasteiger partial charge in [0.25, 0.3) is 0 Å². The van der Waals surface area contributed by atoms with Crippen LogP contribution in [0.4, 0.5) is 5.69 Å². The number of nitrogens with zero attached hydrogens (tertiary/aromatic N) is 3. The molecule has 0 spiro atoms. The number of amides is 2. The van der Waals surface area contributed by atoms with Gasteiger partial charge in [-0.05, 0) is 55.4 Å². The highest BCUT2D eigenvalue weighted by molar-refractivity contribution is 5.99. The number of ketones is 1. The van der Waals surface area contributed by atoms with Crippen LogP contribution in [-0.4, -0.2) is 91.0 Å². The lowest BCUT2D eigenvalue weighted by Gasteiger charge is -2.38. The second-order valence-corrected chi connectivity index (χ2v) is 11.6. The second-order valence-electron chi connectivity index (χ2n) is 11.6. The van der Waals surface area contributed by atoms with Crippen LogP contribution >= 0.6 is 0 Å². The van der Waals surface area contributed by atoms with E-state index in [1.807, 2.05) is 12.1 Å². The first kappa shape index (κ1) is 24.8. The molecule has 2 aliphatic carbocycles. The van der Waals surface area contributed by atoms with Gasteiger partial charge in [0.15, 0.2) is 5.78 Å². The number of ether oxygens (including phenoxy) is 1. The van der Waals surface area contributed by atoms with E-state index < -0.39 is 30.0 Å². The van der Waals surface area contributed by atoms with Crippen molar-refractivity contribution < 1.29 is 19.1 Å². The van der Waals surface area contributed by atoms with Gasteiger partial charge in [-0.1, -0.05) is 19.3 Å². The fourth-order valence-electron chi connectivity index (χ4n) is 7.17. The van der Waals surface area contributed by atoms with E-state index in [1.165, 1.54) is 12.8 Å². The molecule has 0 bridgehead atoms. The maximum atomic E-state index is 14.4. The number of nitrogens with two attached hydrogens (primary N) is 2. The zero-order valence-corrected chi connectivity index (χ0v) is 21.5. The molecule has 2 saturated carbocycles. The van der Waals surface area contributed by atoms with Gasteiger partial charge in [-0.3, -0.25) is 19.3 Å². The molecule has 0 unspecified atom stereocenters. The number of anilines is 1. The van der Waals surface area contributed by atoms with Crippen molar-refractivity contribution in [2.45, 2.75) is 75.1 Å². The summed E-state index contributed by atoms with van der Waals surface area (Å²) < 4.78 is 5.65. The Balaban J connectivity index is 1.35. The molecule has 9 heteroatoms. The molecule has 4 atom stereocenters. The summed E-state index contributed by atoms with van der Waals surface area (Å²) in [5.41, 5.74) is 14.3. The summed E-state index contributed by atoms with van der Waals surface area (Å²) in [6.07, 6.45) is 7.24. The number of piperazine rings is 1. The molecular formula is C28H39N5O4. The number of carbonyl (C=O) groups excluding carboxylic acids is 3. The van der Waals surface area contributed by atoms with Gasteiger partial charge in [0.2, 0.25) is 11.8 Å². The molecule has 3 saturated heterocycles. The number of Topliss-reactive ketones (excluding diaryl/α,β-unsaturated/α-hetero) is 1. The largest absolute Gasteiger partial charge is 0.369 e. The Hall–Kier alpha value is -2.49. The van der Waals surface area contributed by atoms with Crippen molar-refractivity contribution in [1.29, 1.82) is 0 Å². The van der Waals surface area contributed by atoms with Crippen LogP contribution in [0, 0.1) is 5.92 Å². The van der Waals surface area contributed by atoms with E-state index >= 15 is 0 Å². The Morgan fingerprint density at radius 1 is 1.00 bits per heavy atom. The third kappa shape index (κ3) is 4.66. The summed E-state index contributed by atoms with van der Waals surface area (Å²) in [6.45, 7) is 4.18. The summed E-state index contributed by atoms with van der Waals surface area (Å²) in [4.78, 5) is 46.3. The standard InChI is InChI=1S/C28H39N5O4/c29-22-15-33(25-23(34)16-37-26(22)25)28(36)24(17-4-2-1-3-5-17)21-14-19(8-9-20(21)27(30)35)32-12-10-31(11-13-32)18-6-7-18/h8-9,14,17-18,22,24-26H,1-7,10-13,15-16,29H2,(H2,30,35)/t22-,24+,25-,26-/m1/s1. The first-order valence-electron chi connectivity index (χ1n) is 14.1. The summed E-state index contributed by atoms with van der Waals surface area (Å²) in [7, 11) is 0. The average molecular weight is 510 g/mol. The van der Waals surface area contributed by atoms with E-state index in [1.54, 1.807) is 11.0 Å². The van der Waals surface area contributed by atoms with Crippen LogP contribution in [-0.2, 0) is 14.3 Å². The molecule has 0 radical (unpaired) electrons. The lowest BCUT2D eigenvalue weighted by Crippen LogP contribution is -2.47. The first-order chi connectivity index (χ1) is 17.9. The number of benzene rings is 1. The molecule has 9 nitrogen and oxygen atoms in total. The third-order valence-electron chi connectivity index (χ3n) is 9.27. The van der Waals surface area contributed by atoms with Gasteiger partial charge in [-0.25, -0.2) is 0 Å². The van der Waals surface area contributed by atoms with E-state index in [9.17, 15) is 14.4 Å². The minimum Gasteiger partial charge on any atom is -0.369 e. The van der Waals surface area contributed by atoms with E-state index in [2.05, 4.69) is 9.80 Å². The van der Waals surface area contributed by atoms with Gasteiger partial charge in [0.05, 0.1) is 12.0 Å². The number of rotatable bonds is 6. The van der Waals surface area contributed by atoms with Gasteiger partial charge >= 0.3 is 0 Å². The predicted molar refractivity (Wildman–Crippen MR) is 139 cm³/mol. The monoisotopic (exact) mass is 509 g/mol. The lowest BCUT2D eigenvalue weighted by atomic mass is 9.74. The Kier molecular flexibility index (Phi) is 6.71. The summed E-state index contributed by atoms with van der Waals surface area (Å²) in [6, 6.07) is 5.52. The zero-order valence-electron chi connectivity index (χ0n) is 21.5. The Morgan fingerprint density at radius 2 is 1.73 bits per heavy atom. The van der Waals surface area contributed by atoms with Crippen molar-refractivity contribution in [3.63, 3.8) is 0 Å². The van der Waals surface area contributed by atoms with Crippen molar-refractivity contribution in [2.24, 2.45) is 17.4 Å². The zero-order chi connectivity index (χ0) is 25.7. The highest BCUT2D eigenvalue weighted by Gasteiger charge is 2.53. The Morgan fingerprint density at radius 3 is 2.41 bits per heavy atom.